The van der Waals surface area contributed by atoms with Gasteiger partial charge in [-0.25, -0.2) is 0 Å². The highest BCUT2D eigenvalue weighted by Gasteiger charge is 2.23. The molecule has 1 aliphatic rings. The van der Waals surface area contributed by atoms with E-state index in [-0.39, 0.29) is 12.5 Å². The van der Waals surface area contributed by atoms with Crippen LogP contribution in [0.25, 0.3) is 0 Å². The third-order valence-corrected chi connectivity index (χ3v) is 4.48. The number of likely N-dealkylation sites (N-methyl/N-ethyl adjacent to an activating group) is 1. The molecule has 0 aliphatic carbocycles. The number of aliphatic hydroxyl groups excluding tert-OH is 1. The van der Waals surface area contributed by atoms with Gasteiger partial charge in [-0.1, -0.05) is 0 Å². The van der Waals surface area contributed by atoms with E-state index in [2.05, 4.69) is 10.2 Å². The number of aromatic nitrogens is 4. The summed E-state index contributed by atoms with van der Waals surface area (Å²) in [4.78, 5) is 16.4. The van der Waals surface area contributed by atoms with E-state index < -0.39 is 6.10 Å². The van der Waals surface area contributed by atoms with E-state index in [4.69, 9.17) is 0 Å². The average molecular weight is 346 g/mol. The Morgan fingerprint density at radius 1 is 1.40 bits per heavy atom. The zero-order valence-electron chi connectivity index (χ0n) is 15.1. The predicted octanol–water partition coefficient (Wildman–Crippen LogP) is 0.416. The van der Waals surface area contributed by atoms with E-state index in [1.807, 2.05) is 47.6 Å². The summed E-state index contributed by atoms with van der Waals surface area (Å²) in [6, 6.07) is 3.81. The minimum absolute atomic E-state index is 0.0526. The first-order valence-corrected chi connectivity index (χ1v) is 8.59. The van der Waals surface area contributed by atoms with Gasteiger partial charge in [0.05, 0.1) is 17.9 Å². The van der Waals surface area contributed by atoms with Crippen LogP contribution in [0.15, 0.2) is 18.3 Å². The molecule has 1 atom stereocenters. The maximum atomic E-state index is 12.6. The smallest absolute Gasteiger partial charge is 0.244 e. The number of hydrogen-bond donors (Lipinski definition) is 1. The van der Waals surface area contributed by atoms with Crippen LogP contribution in [0.5, 0.6) is 0 Å². The Labute approximate surface area is 147 Å². The number of rotatable bonds is 5. The maximum absolute atomic E-state index is 12.6. The van der Waals surface area contributed by atoms with Crippen molar-refractivity contribution in [3.8, 4) is 0 Å². The maximum Gasteiger partial charge on any atom is 0.244 e. The Bertz CT molecular complexity index is 735. The lowest BCUT2D eigenvalue weighted by Crippen LogP contribution is -2.34. The molecule has 0 bridgehead atoms. The van der Waals surface area contributed by atoms with E-state index in [0.717, 1.165) is 24.4 Å². The van der Waals surface area contributed by atoms with Gasteiger partial charge < -0.3 is 14.9 Å². The van der Waals surface area contributed by atoms with Gasteiger partial charge in [0.1, 0.15) is 12.6 Å². The van der Waals surface area contributed by atoms with Gasteiger partial charge in [-0.3, -0.25) is 14.2 Å². The average Bonchev–Trinajstić information content (AvgIpc) is 3.07. The molecule has 1 aliphatic heterocycles. The molecule has 0 spiro atoms. The lowest BCUT2D eigenvalue weighted by Gasteiger charge is -2.20. The first-order valence-electron chi connectivity index (χ1n) is 8.59. The van der Waals surface area contributed by atoms with Crippen LogP contribution < -0.4 is 0 Å². The topological polar surface area (TPSA) is 79.4 Å². The van der Waals surface area contributed by atoms with Crippen molar-refractivity contribution < 1.29 is 9.90 Å². The van der Waals surface area contributed by atoms with Crippen molar-refractivity contribution in [2.45, 2.75) is 39.1 Å². The summed E-state index contributed by atoms with van der Waals surface area (Å²) in [6.07, 6.45) is 1.94. The van der Waals surface area contributed by atoms with Crippen molar-refractivity contribution in [3.63, 3.8) is 0 Å². The third kappa shape index (κ3) is 4.08. The first kappa shape index (κ1) is 17.6. The summed E-state index contributed by atoms with van der Waals surface area (Å²) in [5, 5.41) is 19.0. The fraction of sp³-hybridized carbons (Fsp3) is 0.588. The molecule has 1 amide bonds. The highest BCUT2D eigenvalue weighted by molar-refractivity contribution is 5.76. The van der Waals surface area contributed by atoms with Gasteiger partial charge in [-0.15, -0.1) is 0 Å². The number of nitrogens with zero attached hydrogens (tertiary/aromatic N) is 6. The van der Waals surface area contributed by atoms with Gasteiger partial charge in [-0.2, -0.15) is 10.2 Å². The van der Waals surface area contributed by atoms with Gasteiger partial charge in [0.25, 0.3) is 0 Å². The molecule has 8 heteroatoms. The predicted molar refractivity (Wildman–Crippen MR) is 92.7 cm³/mol. The molecule has 0 unspecified atom stereocenters. The molecule has 2 aromatic rings. The standard InChI is InChI=1S/C17H26N6O2/c1-13-5-6-18-23(13)12-17(25)21-7-4-8-22-14(10-21)9-15(19-22)16(24)11-20(2)3/h5-6,9,16,24H,4,7-8,10-12H2,1-3H3/t16-/m1/s1. The zero-order valence-corrected chi connectivity index (χ0v) is 15.1. The van der Waals surface area contributed by atoms with Crippen LogP contribution in [0, 0.1) is 6.92 Å². The number of carbonyl (C=O) groups excluding carboxylic acids is 1. The van der Waals surface area contributed by atoms with Crippen molar-refractivity contribution >= 4 is 5.91 Å². The summed E-state index contributed by atoms with van der Waals surface area (Å²) in [6.45, 7) is 4.70. The van der Waals surface area contributed by atoms with Gasteiger partial charge in [0.2, 0.25) is 5.91 Å². The molecule has 8 nitrogen and oxygen atoms in total. The van der Waals surface area contributed by atoms with Crippen molar-refractivity contribution in [3.05, 3.63) is 35.4 Å². The van der Waals surface area contributed by atoms with Crippen LogP contribution in [-0.4, -0.2) is 67.6 Å². The summed E-state index contributed by atoms with van der Waals surface area (Å²) < 4.78 is 3.64. The first-order chi connectivity index (χ1) is 11.9. The molecule has 0 radical (unpaired) electrons. The van der Waals surface area contributed by atoms with Crippen LogP contribution in [0.4, 0.5) is 0 Å². The SMILES string of the molecule is Cc1ccnn1CC(=O)N1CCCn2nc([C@H](O)CN(C)C)cc2C1. The Balaban J connectivity index is 1.71. The quantitative estimate of drug-likeness (QED) is 0.849. The second kappa shape index (κ2) is 7.37. The molecule has 0 aromatic carbocycles. The van der Waals surface area contributed by atoms with Crippen LogP contribution >= 0.6 is 0 Å². The minimum atomic E-state index is -0.620. The van der Waals surface area contributed by atoms with Crippen molar-refractivity contribution in [1.82, 2.24) is 29.4 Å². The molecular weight excluding hydrogens is 320 g/mol. The molecule has 0 fully saturated rings. The minimum Gasteiger partial charge on any atom is -0.385 e. The highest BCUT2D eigenvalue weighted by atomic mass is 16.3. The number of carbonyl (C=O) groups is 1. The van der Waals surface area contributed by atoms with Gasteiger partial charge in [0, 0.05) is 31.5 Å². The van der Waals surface area contributed by atoms with Crippen molar-refractivity contribution in [1.29, 1.82) is 0 Å². The molecule has 3 rings (SSSR count). The molecular formula is C17H26N6O2. The van der Waals surface area contributed by atoms with E-state index >= 15 is 0 Å². The number of aryl methyl sites for hydroxylation is 2. The Kier molecular flexibility index (Phi) is 5.19. The Morgan fingerprint density at radius 2 is 2.20 bits per heavy atom. The van der Waals surface area contributed by atoms with Crippen molar-refractivity contribution in [2.75, 3.05) is 27.2 Å². The summed E-state index contributed by atoms with van der Waals surface area (Å²) in [5.41, 5.74) is 2.61. The normalized spacial score (nSPS) is 16.0. The summed E-state index contributed by atoms with van der Waals surface area (Å²) >= 11 is 0. The van der Waals surface area contributed by atoms with Crippen LogP contribution in [0.2, 0.25) is 0 Å². The molecule has 136 valence electrons. The summed E-state index contributed by atoms with van der Waals surface area (Å²) in [7, 11) is 3.84. The van der Waals surface area contributed by atoms with E-state index in [0.29, 0.717) is 25.3 Å². The van der Waals surface area contributed by atoms with Crippen LogP contribution in [0.3, 0.4) is 0 Å². The molecule has 3 heterocycles. The number of amides is 1. The number of aliphatic hydroxyl groups is 1. The van der Waals surface area contributed by atoms with Gasteiger partial charge in [0.15, 0.2) is 0 Å². The number of hydrogen-bond acceptors (Lipinski definition) is 5. The number of fused-ring (bicyclic) bond motifs is 1. The van der Waals surface area contributed by atoms with E-state index in [1.165, 1.54) is 0 Å². The molecule has 2 aromatic heterocycles. The lowest BCUT2D eigenvalue weighted by molar-refractivity contribution is -0.132. The second-order valence-corrected chi connectivity index (χ2v) is 6.86. The summed E-state index contributed by atoms with van der Waals surface area (Å²) in [5.74, 6) is 0.0526. The highest BCUT2D eigenvalue weighted by Crippen LogP contribution is 2.19. The fourth-order valence-electron chi connectivity index (χ4n) is 3.09. The van der Waals surface area contributed by atoms with Crippen molar-refractivity contribution in [2.24, 2.45) is 0 Å². The van der Waals surface area contributed by atoms with Gasteiger partial charge in [-0.05, 0) is 39.6 Å². The molecule has 1 N–H and O–H groups in total. The molecule has 0 saturated heterocycles. The van der Waals surface area contributed by atoms with Gasteiger partial charge >= 0.3 is 0 Å². The largest absolute Gasteiger partial charge is 0.385 e. The zero-order chi connectivity index (χ0) is 18.0. The lowest BCUT2D eigenvalue weighted by atomic mass is 10.2. The van der Waals surface area contributed by atoms with E-state index in [1.54, 1.807) is 10.9 Å². The third-order valence-electron chi connectivity index (χ3n) is 4.48. The monoisotopic (exact) mass is 346 g/mol. The Hall–Kier alpha value is -2.19. The molecule has 25 heavy (non-hydrogen) atoms. The van der Waals surface area contributed by atoms with Crippen LogP contribution in [0.1, 0.15) is 29.6 Å². The molecule has 0 saturated carbocycles. The van der Waals surface area contributed by atoms with E-state index in [9.17, 15) is 9.90 Å². The van der Waals surface area contributed by atoms with Crippen LogP contribution in [-0.2, 0) is 24.4 Å². The fourth-order valence-corrected chi connectivity index (χ4v) is 3.09. The second-order valence-electron chi connectivity index (χ2n) is 6.86. The Morgan fingerprint density at radius 3 is 2.88 bits per heavy atom.